The van der Waals surface area contributed by atoms with Crippen LogP contribution in [0.5, 0.6) is 0 Å². The molecule has 0 radical (unpaired) electrons. The molecule has 7 nitrogen and oxygen atoms in total. The van der Waals surface area contributed by atoms with Crippen molar-refractivity contribution in [1.82, 2.24) is 20.1 Å². The number of thioether (sulfide) groups is 1. The third-order valence-corrected chi connectivity index (χ3v) is 6.34. The Morgan fingerprint density at radius 1 is 1.12 bits per heavy atom. The number of hydrogen-bond donors (Lipinski definition) is 2. The highest BCUT2D eigenvalue weighted by Gasteiger charge is 2.20. The molecule has 1 atom stereocenters. The van der Waals surface area contributed by atoms with Gasteiger partial charge in [-0.25, -0.2) is 0 Å². The highest BCUT2D eigenvalue weighted by Crippen LogP contribution is 2.23. The van der Waals surface area contributed by atoms with E-state index in [4.69, 9.17) is 23.2 Å². The summed E-state index contributed by atoms with van der Waals surface area (Å²) in [7, 11) is 1.79. The van der Waals surface area contributed by atoms with Crippen LogP contribution >= 0.6 is 35.0 Å². The molecular weight excluding hydrogens is 469 g/mol. The number of benzene rings is 2. The fraction of sp³-hybridized carbons (Fsp3) is 0.273. The van der Waals surface area contributed by atoms with Gasteiger partial charge in [0.05, 0.1) is 22.4 Å². The molecule has 1 aromatic heterocycles. The van der Waals surface area contributed by atoms with E-state index < -0.39 is 6.04 Å². The molecule has 2 aromatic carbocycles. The van der Waals surface area contributed by atoms with Crippen LogP contribution in [0.25, 0.3) is 0 Å². The fourth-order valence-corrected chi connectivity index (χ4v) is 4.32. The summed E-state index contributed by atoms with van der Waals surface area (Å²) in [4.78, 5) is 24.9. The molecule has 0 spiro atoms. The molecule has 0 bridgehead atoms. The van der Waals surface area contributed by atoms with Gasteiger partial charge in [-0.3, -0.25) is 9.59 Å². The molecule has 1 heterocycles. The lowest BCUT2D eigenvalue weighted by molar-refractivity contribution is -0.113. The molecule has 0 saturated carbocycles. The Bertz CT molecular complexity index is 1170. The minimum Gasteiger partial charge on any atom is -0.342 e. The Hall–Kier alpha value is -2.55. The van der Waals surface area contributed by atoms with E-state index in [1.54, 1.807) is 30.7 Å². The van der Waals surface area contributed by atoms with Crippen LogP contribution in [0.1, 0.15) is 40.3 Å². The summed E-state index contributed by atoms with van der Waals surface area (Å²) < 4.78 is 1.75. The van der Waals surface area contributed by atoms with Crippen molar-refractivity contribution < 1.29 is 9.59 Å². The molecule has 0 aliphatic carbocycles. The highest BCUT2D eigenvalue weighted by molar-refractivity contribution is 7.99. The Morgan fingerprint density at radius 2 is 1.88 bits per heavy atom. The van der Waals surface area contributed by atoms with Gasteiger partial charge in [0, 0.05) is 17.8 Å². The third kappa shape index (κ3) is 5.82. The first-order valence-electron chi connectivity index (χ1n) is 9.80. The zero-order valence-corrected chi connectivity index (χ0v) is 20.4. The Balaban J connectivity index is 1.60. The fourth-order valence-electron chi connectivity index (χ4n) is 3.11. The first kappa shape index (κ1) is 24.1. The SMILES string of the molecule is Cc1ccc(NC(=O)CSc2nnc([C@@H](C)NC(=O)c3ccc(Cl)cc3Cl)n2C)c(C)c1. The average Bonchev–Trinajstić information content (AvgIpc) is 3.09. The van der Waals surface area contributed by atoms with Crippen molar-refractivity contribution in [2.75, 3.05) is 11.1 Å². The summed E-state index contributed by atoms with van der Waals surface area (Å²) in [5.41, 5.74) is 3.26. The molecule has 0 fully saturated rings. The van der Waals surface area contributed by atoms with Gasteiger partial charge in [0.15, 0.2) is 11.0 Å². The molecule has 3 rings (SSSR count). The van der Waals surface area contributed by atoms with E-state index in [0.29, 0.717) is 21.6 Å². The standard InChI is InChI=1S/C22H23Cl2N5O2S/c1-12-5-8-18(13(2)9-12)26-19(30)11-32-22-28-27-20(29(22)4)14(3)25-21(31)16-7-6-15(23)10-17(16)24/h5-10,14H,11H2,1-4H3,(H,25,31)(H,26,30)/t14-/m1/s1. The molecule has 0 aliphatic rings. The summed E-state index contributed by atoms with van der Waals surface area (Å²) in [6.07, 6.45) is 0. The zero-order chi connectivity index (χ0) is 23.4. The average molecular weight is 492 g/mol. The summed E-state index contributed by atoms with van der Waals surface area (Å²) in [5.74, 6) is 0.260. The maximum Gasteiger partial charge on any atom is 0.253 e. The smallest absolute Gasteiger partial charge is 0.253 e. The number of anilines is 1. The maximum absolute atomic E-state index is 12.6. The van der Waals surface area contributed by atoms with Crippen molar-refractivity contribution >= 4 is 52.5 Å². The van der Waals surface area contributed by atoms with E-state index in [-0.39, 0.29) is 22.6 Å². The summed E-state index contributed by atoms with van der Waals surface area (Å²) in [6.45, 7) is 5.76. The van der Waals surface area contributed by atoms with Crippen LogP contribution in [0.15, 0.2) is 41.6 Å². The van der Waals surface area contributed by atoms with Crippen LogP contribution in [0.4, 0.5) is 5.69 Å². The van der Waals surface area contributed by atoms with Gasteiger partial charge in [-0.2, -0.15) is 0 Å². The van der Waals surface area contributed by atoms with Gasteiger partial charge in [0.25, 0.3) is 5.91 Å². The van der Waals surface area contributed by atoms with E-state index in [1.165, 1.54) is 17.8 Å². The molecule has 0 saturated heterocycles. The number of halogens is 2. The predicted molar refractivity (Wildman–Crippen MR) is 129 cm³/mol. The van der Waals surface area contributed by atoms with Crippen molar-refractivity contribution in [3.8, 4) is 0 Å². The van der Waals surface area contributed by atoms with Gasteiger partial charge in [0.1, 0.15) is 0 Å². The predicted octanol–water partition coefficient (Wildman–Crippen LogP) is 4.96. The van der Waals surface area contributed by atoms with Crippen LogP contribution in [0.3, 0.4) is 0 Å². The number of amides is 2. The van der Waals surface area contributed by atoms with Crippen molar-refractivity contribution in [3.05, 3.63) is 69.0 Å². The molecule has 10 heteroatoms. The number of carbonyl (C=O) groups is 2. The molecule has 2 N–H and O–H groups in total. The van der Waals surface area contributed by atoms with Crippen molar-refractivity contribution in [2.45, 2.75) is 32.0 Å². The van der Waals surface area contributed by atoms with E-state index in [9.17, 15) is 9.59 Å². The highest BCUT2D eigenvalue weighted by atomic mass is 35.5. The second kappa shape index (κ2) is 10.4. The number of nitrogens with one attached hydrogen (secondary N) is 2. The maximum atomic E-state index is 12.6. The second-order valence-electron chi connectivity index (χ2n) is 7.37. The van der Waals surface area contributed by atoms with Gasteiger partial charge < -0.3 is 15.2 Å². The normalized spacial score (nSPS) is 11.8. The molecule has 32 heavy (non-hydrogen) atoms. The number of aromatic nitrogens is 3. The zero-order valence-electron chi connectivity index (χ0n) is 18.1. The first-order valence-corrected chi connectivity index (χ1v) is 11.5. The van der Waals surface area contributed by atoms with Crippen LogP contribution in [0, 0.1) is 13.8 Å². The number of nitrogens with zero attached hydrogens (tertiary/aromatic N) is 3. The summed E-state index contributed by atoms with van der Waals surface area (Å²) in [5, 5.41) is 15.4. The first-order chi connectivity index (χ1) is 15.2. The minimum absolute atomic E-state index is 0.134. The molecule has 168 valence electrons. The monoisotopic (exact) mass is 491 g/mol. The van der Waals surface area contributed by atoms with E-state index >= 15 is 0 Å². The minimum atomic E-state index is -0.426. The summed E-state index contributed by atoms with van der Waals surface area (Å²) >= 11 is 13.3. The topological polar surface area (TPSA) is 88.9 Å². The quantitative estimate of drug-likeness (QED) is 0.455. The Morgan fingerprint density at radius 3 is 2.56 bits per heavy atom. The number of aryl methyl sites for hydroxylation is 2. The molecule has 3 aromatic rings. The molecule has 2 amide bonds. The third-order valence-electron chi connectivity index (χ3n) is 4.77. The van der Waals surface area contributed by atoms with E-state index in [2.05, 4.69) is 20.8 Å². The molecular formula is C22H23Cl2N5O2S. The lowest BCUT2D eigenvalue weighted by atomic mass is 10.1. The van der Waals surface area contributed by atoms with Gasteiger partial charge >= 0.3 is 0 Å². The van der Waals surface area contributed by atoms with Crippen molar-refractivity contribution in [1.29, 1.82) is 0 Å². The van der Waals surface area contributed by atoms with Gasteiger partial charge in [0.2, 0.25) is 5.91 Å². The van der Waals surface area contributed by atoms with Gasteiger partial charge in [-0.1, -0.05) is 52.7 Å². The lowest BCUT2D eigenvalue weighted by Crippen LogP contribution is -2.28. The Kier molecular flexibility index (Phi) is 7.82. The number of rotatable bonds is 7. The van der Waals surface area contributed by atoms with E-state index in [0.717, 1.165) is 16.8 Å². The van der Waals surface area contributed by atoms with Gasteiger partial charge in [-0.05, 0) is 50.6 Å². The summed E-state index contributed by atoms with van der Waals surface area (Å²) in [6, 6.07) is 10.1. The van der Waals surface area contributed by atoms with Crippen LogP contribution in [0.2, 0.25) is 10.0 Å². The van der Waals surface area contributed by atoms with Gasteiger partial charge in [-0.15, -0.1) is 10.2 Å². The van der Waals surface area contributed by atoms with Crippen LogP contribution in [-0.2, 0) is 11.8 Å². The van der Waals surface area contributed by atoms with E-state index in [1.807, 2.05) is 32.0 Å². The largest absolute Gasteiger partial charge is 0.342 e. The number of hydrogen-bond acceptors (Lipinski definition) is 5. The molecule has 0 unspecified atom stereocenters. The second-order valence-corrected chi connectivity index (χ2v) is 9.16. The van der Waals surface area contributed by atoms with Crippen LogP contribution < -0.4 is 10.6 Å². The molecule has 0 aliphatic heterocycles. The lowest BCUT2D eigenvalue weighted by Gasteiger charge is -2.14. The van der Waals surface area contributed by atoms with Crippen molar-refractivity contribution in [2.24, 2.45) is 7.05 Å². The number of carbonyl (C=O) groups excluding carboxylic acids is 2. The van der Waals surface area contributed by atoms with Crippen molar-refractivity contribution in [3.63, 3.8) is 0 Å². The van der Waals surface area contributed by atoms with Crippen LogP contribution in [-0.4, -0.2) is 32.3 Å². The Labute approximate surface area is 200 Å².